The van der Waals surface area contributed by atoms with E-state index in [2.05, 4.69) is 31.2 Å². The van der Waals surface area contributed by atoms with E-state index in [0.717, 1.165) is 16.9 Å². The van der Waals surface area contributed by atoms with Gasteiger partial charge in [-0.25, -0.2) is 0 Å². The predicted molar refractivity (Wildman–Crippen MR) is 66.4 cm³/mol. The van der Waals surface area contributed by atoms with Crippen LogP contribution < -0.4 is 0 Å². The monoisotopic (exact) mass is 230 g/mol. The normalized spacial score (nSPS) is 12.4. The zero-order chi connectivity index (χ0) is 11.1. The molecule has 0 aromatic heterocycles. The average Bonchev–Trinajstić information content (AvgIpc) is 2.65. The fourth-order valence-corrected chi connectivity index (χ4v) is 2.86. The summed E-state index contributed by atoms with van der Waals surface area (Å²) in [7, 11) is 0. The van der Waals surface area contributed by atoms with Crippen molar-refractivity contribution in [3.05, 3.63) is 53.1 Å². The maximum absolute atomic E-state index is 12.9. The van der Waals surface area contributed by atoms with Gasteiger partial charge >= 0.3 is 0 Å². The van der Waals surface area contributed by atoms with Gasteiger partial charge in [0.25, 0.3) is 0 Å². The summed E-state index contributed by atoms with van der Waals surface area (Å²) >= 11 is 0.342. The third-order valence-corrected chi connectivity index (χ3v) is 3.61. The van der Waals surface area contributed by atoms with Crippen molar-refractivity contribution in [2.45, 2.75) is 18.2 Å². The van der Waals surface area contributed by atoms with Crippen LogP contribution in [0, 0.1) is 6.92 Å². The first-order valence-electron chi connectivity index (χ1n) is 5.30. The third kappa shape index (κ3) is 1.37. The summed E-state index contributed by atoms with van der Waals surface area (Å²) in [6.07, 6.45) is 0.931. The minimum Gasteiger partial charge on any atom is -0.160 e. The Morgan fingerprint density at radius 2 is 2.00 bits per heavy atom. The predicted octanol–water partition coefficient (Wildman–Crippen LogP) is 4.54. The highest BCUT2D eigenvalue weighted by Gasteiger charge is 2.21. The van der Waals surface area contributed by atoms with E-state index in [4.69, 9.17) is 0 Å². The van der Waals surface area contributed by atoms with E-state index < -0.39 is 0 Å². The smallest absolute Gasteiger partial charge is 0.0818 e. The van der Waals surface area contributed by atoms with Crippen molar-refractivity contribution in [1.29, 1.82) is 0 Å². The van der Waals surface area contributed by atoms with Crippen molar-refractivity contribution in [1.82, 2.24) is 0 Å². The molecule has 1 aliphatic rings. The molecule has 0 heterocycles. The topological polar surface area (TPSA) is 0 Å². The van der Waals surface area contributed by atoms with Crippen molar-refractivity contribution in [2.75, 3.05) is 0 Å². The van der Waals surface area contributed by atoms with Crippen LogP contribution >= 0.6 is 12.1 Å². The molecule has 0 aliphatic heterocycles. The van der Waals surface area contributed by atoms with Crippen molar-refractivity contribution in [2.24, 2.45) is 0 Å². The number of fused-ring (bicyclic) bond motifs is 3. The molecule has 0 bridgehead atoms. The van der Waals surface area contributed by atoms with E-state index in [1.807, 2.05) is 12.1 Å². The van der Waals surface area contributed by atoms with E-state index in [0.29, 0.717) is 12.1 Å². The highest BCUT2D eigenvalue weighted by molar-refractivity contribution is 7.94. The van der Waals surface area contributed by atoms with Gasteiger partial charge in [-0.05, 0) is 36.1 Å². The van der Waals surface area contributed by atoms with Crippen LogP contribution in [0.3, 0.4) is 0 Å². The Bertz CT molecular complexity index is 561. The number of aryl methyl sites for hydroxylation is 1. The van der Waals surface area contributed by atoms with E-state index >= 15 is 0 Å². The molecule has 1 aliphatic carbocycles. The number of hydrogen-bond donors (Lipinski definition) is 0. The lowest BCUT2D eigenvalue weighted by atomic mass is 10.0. The molecule has 0 fully saturated rings. The Morgan fingerprint density at radius 3 is 2.81 bits per heavy atom. The van der Waals surface area contributed by atoms with Crippen molar-refractivity contribution in [3.63, 3.8) is 0 Å². The maximum atomic E-state index is 12.9. The summed E-state index contributed by atoms with van der Waals surface area (Å²) in [4.78, 5) is 0.736. The number of rotatable bonds is 1. The van der Waals surface area contributed by atoms with Crippen LogP contribution in [0.5, 0.6) is 0 Å². The van der Waals surface area contributed by atoms with Gasteiger partial charge in [-0.3, -0.25) is 0 Å². The summed E-state index contributed by atoms with van der Waals surface area (Å²) < 4.78 is 12.9. The third-order valence-electron chi connectivity index (χ3n) is 3.11. The van der Waals surface area contributed by atoms with Crippen LogP contribution in [0.4, 0.5) is 3.89 Å². The lowest BCUT2D eigenvalue weighted by Crippen LogP contribution is -1.81. The second-order valence-corrected chi connectivity index (χ2v) is 4.80. The molecule has 0 atom stereocenters. The van der Waals surface area contributed by atoms with Gasteiger partial charge in [-0.15, -0.1) is 0 Å². The summed E-state index contributed by atoms with van der Waals surface area (Å²) in [5.74, 6) is 0. The standard InChI is InChI=1S/C14H11FS/c1-9-5-6-12-11(7-9)8-10-3-2-4-13(16-15)14(10)12/h2-7H,8H2,1H3. The highest BCUT2D eigenvalue weighted by atomic mass is 32.2. The Kier molecular flexibility index (Phi) is 2.25. The van der Waals surface area contributed by atoms with E-state index in [1.54, 1.807) is 0 Å². The first-order valence-corrected chi connectivity index (χ1v) is 6.01. The minimum absolute atomic E-state index is 0.342. The van der Waals surface area contributed by atoms with Gasteiger partial charge in [-0.2, -0.15) is 3.89 Å². The Morgan fingerprint density at radius 1 is 1.12 bits per heavy atom. The molecule has 2 aromatic carbocycles. The Labute approximate surface area is 98.8 Å². The first kappa shape index (κ1) is 9.91. The van der Waals surface area contributed by atoms with Gasteiger partial charge in [-0.1, -0.05) is 35.9 Å². The fourth-order valence-electron chi connectivity index (χ4n) is 2.41. The largest absolute Gasteiger partial charge is 0.160 e. The summed E-state index contributed by atoms with van der Waals surface area (Å²) in [6, 6.07) is 12.3. The number of halogens is 1. The average molecular weight is 230 g/mol. The van der Waals surface area contributed by atoms with Gasteiger partial charge in [0, 0.05) is 10.5 Å². The molecule has 0 amide bonds. The lowest BCUT2D eigenvalue weighted by molar-refractivity contribution is 0.934. The van der Waals surface area contributed by atoms with E-state index in [-0.39, 0.29) is 0 Å². The van der Waals surface area contributed by atoms with Crippen LogP contribution in [0.25, 0.3) is 11.1 Å². The molecule has 80 valence electrons. The van der Waals surface area contributed by atoms with Crippen molar-refractivity contribution in [3.8, 4) is 11.1 Å². The zero-order valence-corrected chi connectivity index (χ0v) is 9.77. The molecule has 0 N–H and O–H groups in total. The number of benzene rings is 2. The molecular formula is C14H11FS. The van der Waals surface area contributed by atoms with Crippen LogP contribution in [-0.2, 0) is 6.42 Å². The maximum Gasteiger partial charge on any atom is 0.0818 e. The molecule has 0 unspecified atom stereocenters. The van der Waals surface area contributed by atoms with Crippen molar-refractivity contribution >= 4 is 12.1 Å². The molecule has 2 aromatic rings. The summed E-state index contributed by atoms with van der Waals surface area (Å²) in [6.45, 7) is 2.09. The van der Waals surface area contributed by atoms with Crippen LogP contribution in [0.1, 0.15) is 16.7 Å². The van der Waals surface area contributed by atoms with E-state index in [1.165, 1.54) is 22.3 Å². The van der Waals surface area contributed by atoms with Gasteiger partial charge in [0.15, 0.2) is 0 Å². The molecule has 0 spiro atoms. The zero-order valence-electron chi connectivity index (χ0n) is 8.96. The second kappa shape index (κ2) is 3.63. The first-order chi connectivity index (χ1) is 7.79. The molecular weight excluding hydrogens is 219 g/mol. The second-order valence-electron chi connectivity index (χ2n) is 4.20. The SMILES string of the molecule is Cc1ccc2c(c1)Cc1cccc(SF)c1-2. The van der Waals surface area contributed by atoms with Gasteiger partial charge < -0.3 is 0 Å². The molecule has 0 saturated heterocycles. The Balaban J connectivity index is 2.27. The van der Waals surface area contributed by atoms with Gasteiger partial charge in [0.2, 0.25) is 0 Å². The molecule has 0 saturated carbocycles. The number of hydrogen-bond acceptors (Lipinski definition) is 1. The van der Waals surface area contributed by atoms with E-state index in [9.17, 15) is 3.89 Å². The Hall–Kier alpha value is -1.28. The molecule has 0 radical (unpaired) electrons. The fraction of sp³-hybridized carbons (Fsp3) is 0.143. The lowest BCUT2D eigenvalue weighted by Gasteiger charge is -2.05. The molecule has 16 heavy (non-hydrogen) atoms. The molecule has 0 nitrogen and oxygen atoms in total. The molecule has 2 heteroatoms. The van der Waals surface area contributed by atoms with Crippen molar-refractivity contribution < 1.29 is 3.89 Å². The minimum atomic E-state index is 0.342. The summed E-state index contributed by atoms with van der Waals surface area (Å²) in [5.41, 5.74) is 6.10. The quantitative estimate of drug-likeness (QED) is 0.591. The summed E-state index contributed by atoms with van der Waals surface area (Å²) in [5, 5.41) is 0. The van der Waals surface area contributed by atoms with Crippen LogP contribution in [0.15, 0.2) is 41.3 Å². The van der Waals surface area contributed by atoms with Gasteiger partial charge in [0.05, 0.1) is 12.1 Å². The molecule has 3 rings (SSSR count). The highest BCUT2D eigenvalue weighted by Crippen LogP contribution is 2.42. The van der Waals surface area contributed by atoms with Crippen LogP contribution in [0.2, 0.25) is 0 Å². The van der Waals surface area contributed by atoms with Crippen LogP contribution in [-0.4, -0.2) is 0 Å². The van der Waals surface area contributed by atoms with Gasteiger partial charge in [0.1, 0.15) is 0 Å².